The Bertz CT molecular complexity index is 930. The highest BCUT2D eigenvalue weighted by molar-refractivity contribution is 5.91. The average Bonchev–Trinajstić information content (AvgIpc) is 2.99. The SMILES string of the molecule is CCOc1ccc(NC(=O)C[NH+]2CCc3cc4c(cc3C2)OCCCO4)cc1OCC. The Balaban J connectivity index is 1.39. The molecule has 7 nitrogen and oxygen atoms in total. The lowest BCUT2D eigenvalue weighted by Crippen LogP contribution is -3.12. The number of benzene rings is 2. The molecule has 2 aliphatic rings. The molecule has 0 saturated carbocycles. The van der Waals surface area contributed by atoms with E-state index in [0.717, 1.165) is 37.4 Å². The van der Waals surface area contributed by atoms with E-state index in [2.05, 4.69) is 17.4 Å². The van der Waals surface area contributed by atoms with Crippen LogP contribution in [0.5, 0.6) is 23.0 Å². The Morgan fingerprint density at radius 3 is 2.45 bits per heavy atom. The highest BCUT2D eigenvalue weighted by atomic mass is 16.5. The van der Waals surface area contributed by atoms with Gasteiger partial charge in [0, 0.05) is 30.2 Å². The molecule has 31 heavy (non-hydrogen) atoms. The van der Waals surface area contributed by atoms with Crippen molar-refractivity contribution in [1.82, 2.24) is 0 Å². The van der Waals surface area contributed by atoms with Crippen molar-refractivity contribution in [3.05, 3.63) is 41.5 Å². The van der Waals surface area contributed by atoms with Gasteiger partial charge in [-0.2, -0.15) is 0 Å². The first kappa shape index (κ1) is 21.3. The van der Waals surface area contributed by atoms with Crippen molar-refractivity contribution in [2.45, 2.75) is 33.2 Å². The van der Waals surface area contributed by atoms with Gasteiger partial charge in [-0.15, -0.1) is 0 Å². The summed E-state index contributed by atoms with van der Waals surface area (Å²) in [5, 5.41) is 3.00. The van der Waals surface area contributed by atoms with Crippen molar-refractivity contribution >= 4 is 11.6 Å². The van der Waals surface area contributed by atoms with E-state index >= 15 is 0 Å². The maximum atomic E-state index is 12.7. The number of carbonyl (C=O) groups is 1. The summed E-state index contributed by atoms with van der Waals surface area (Å²) in [6.07, 6.45) is 1.82. The van der Waals surface area contributed by atoms with Crippen LogP contribution in [-0.2, 0) is 17.8 Å². The van der Waals surface area contributed by atoms with E-state index in [1.54, 1.807) is 0 Å². The molecule has 166 valence electrons. The first-order valence-electron chi connectivity index (χ1n) is 11.1. The number of amides is 1. The Labute approximate surface area is 183 Å². The van der Waals surface area contributed by atoms with Crippen molar-refractivity contribution in [1.29, 1.82) is 0 Å². The molecule has 1 atom stereocenters. The fraction of sp³-hybridized carbons (Fsp3) is 0.458. The second-order valence-corrected chi connectivity index (χ2v) is 7.80. The highest BCUT2D eigenvalue weighted by Gasteiger charge is 2.25. The second-order valence-electron chi connectivity index (χ2n) is 7.80. The molecule has 0 radical (unpaired) electrons. The van der Waals surface area contributed by atoms with E-state index in [-0.39, 0.29) is 5.91 Å². The quantitative estimate of drug-likeness (QED) is 0.709. The largest absolute Gasteiger partial charge is 0.490 e. The molecule has 2 heterocycles. The van der Waals surface area contributed by atoms with Crippen LogP contribution in [0.4, 0.5) is 5.69 Å². The van der Waals surface area contributed by atoms with Crippen LogP contribution in [0.15, 0.2) is 30.3 Å². The van der Waals surface area contributed by atoms with Gasteiger partial charge < -0.3 is 29.2 Å². The molecule has 4 rings (SSSR count). The summed E-state index contributed by atoms with van der Waals surface area (Å²) in [5.74, 6) is 2.98. The van der Waals surface area contributed by atoms with Crippen LogP contribution >= 0.6 is 0 Å². The number of hydrogen-bond donors (Lipinski definition) is 2. The van der Waals surface area contributed by atoms with Gasteiger partial charge in [0.2, 0.25) is 0 Å². The van der Waals surface area contributed by atoms with E-state index in [0.29, 0.717) is 50.2 Å². The lowest BCUT2D eigenvalue weighted by molar-refractivity contribution is -0.907. The fourth-order valence-corrected chi connectivity index (χ4v) is 4.07. The van der Waals surface area contributed by atoms with E-state index in [1.807, 2.05) is 32.0 Å². The number of rotatable bonds is 7. The zero-order valence-electron chi connectivity index (χ0n) is 18.3. The molecule has 2 aromatic rings. The van der Waals surface area contributed by atoms with Crippen molar-refractivity contribution < 1.29 is 28.6 Å². The molecule has 1 amide bonds. The van der Waals surface area contributed by atoms with Crippen molar-refractivity contribution in [3.8, 4) is 23.0 Å². The molecule has 0 spiro atoms. The molecule has 7 heteroatoms. The number of ether oxygens (including phenoxy) is 4. The Hall–Kier alpha value is -2.93. The van der Waals surface area contributed by atoms with Gasteiger partial charge in [0.1, 0.15) is 6.54 Å². The van der Waals surface area contributed by atoms with Gasteiger partial charge in [-0.1, -0.05) is 0 Å². The normalized spacial score (nSPS) is 17.3. The average molecular weight is 428 g/mol. The predicted octanol–water partition coefficient (Wildman–Crippen LogP) is 2.22. The molecule has 2 aliphatic heterocycles. The molecule has 0 fully saturated rings. The van der Waals surface area contributed by atoms with Crippen LogP contribution in [0, 0.1) is 0 Å². The minimum atomic E-state index is -0.0144. The Kier molecular flexibility index (Phi) is 6.82. The molecule has 0 saturated heterocycles. The van der Waals surface area contributed by atoms with Crippen LogP contribution in [0.3, 0.4) is 0 Å². The maximum absolute atomic E-state index is 12.7. The van der Waals surface area contributed by atoms with E-state index in [4.69, 9.17) is 18.9 Å². The third kappa shape index (κ3) is 5.22. The van der Waals surface area contributed by atoms with Crippen LogP contribution in [0.2, 0.25) is 0 Å². The Morgan fingerprint density at radius 2 is 1.71 bits per heavy atom. The predicted molar refractivity (Wildman–Crippen MR) is 118 cm³/mol. The second kappa shape index (κ2) is 9.92. The smallest absolute Gasteiger partial charge is 0.279 e. The number of anilines is 1. The standard InChI is InChI=1S/C24H30N2O5/c1-3-28-20-7-6-19(14-23(20)29-4-2)25-24(27)16-26-9-8-17-12-21-22(13-18(17)15-26)31-11-5-10-30-21/h6-7,12-14H,3-5,8-11,15-16H2,1-2H3,(H,25,27)/p+1. The number of quaternary nitrogens is 1. The summed E-state index contributed by atoms with van der Waals surface area (Å²) < 4.78 is 22.9. The third-order valence-electron chi connectivity index (χ3n) is 5.50. The van der Waals surface area contributed by atoms with Gasteiger partial charge in [-0.05, 0) is 43.7 Å². The van der Waals surface area contributed by atoms with E-state index < -0.39 is 0 Å². The van der Waals surface area contributed by atoms with Gasteiger partial charge in [-0.3, -0.25) is 4.79 Å². The van der Waals surface area contributed by atoms with Gasteiger partial charge in [0.15, 0.2) is 29.5 Å². The number of fused-ring (bicyclic) bond motifs is 2. The molecular formula is C24H31N2O5+. The lowest BCUT2D eigenvalue weighted by Gasteiger charge is -2.26. The summed E-state index contributed by atoms with van der Waals surface area (Å²) in [7, 11) is 0. The molecule has 1 unspecified atom stereocenters. The first-order valence-corrected chi connectivity index (χ1v) is 11.1. The summed E-state index contributed by atoms with van der Waals surface area (Å²) in [6.45, 7) is 8.44. The van der Waals surface area contributed by atoms with Gasteiger partial charge >= 0.3 is 0 Å². The minimum Gasteiger partial charge on any atom is -0.490 e. The monoisotopic (exact) mass is 427 g/mol. The maximum Gasteiger partial charge on any atom is 0.279 e. The summed E-state index contributed by atoms with van der Waals surface area (Å²) >= 11 is 0. The van der Waals surface area contributed by atoms with Crippen molar-refractivity contribution in [2.75, 3.05) is 44.8 Å². The van der Waals surface area contributed by atoms with Crippen molar-refractivity contribution in [2.24, 2.45) is 0 Å². The Morgan fingerprint density at radius 1 is 1.00 bits per heavy atom. The van der Waals surface area contributed by atoms with E-state index in [9.17, 15) is 4.79 Å². The van der Waals surface area contributed by atoms with Crippen molar-refractivity contribution in [3.63, 3.8) is 0 Å². The fourth-order valence-electron chi connectivity index (χ4n) is 4.07. The third-order valence-corrected chi connectivity index (χ3v) is 5.50. The molecule has 0 aliphatic carbocycles. The summed E-state index contributed by atoms with van der Waals surface area (Å²) in [6, 6.07) is 9.70. The number of hydrogen-bond acceptors (Lipinski definition) is 5. The van der Waals surface area contributed by atoms with Gasteiger partial charge in [0.05, 0.1) is 33.0 Å². The van der Waals surface area contributed by atoms with Gasteiger partial charge in [-0.25, -0.2) is 0 Å². The number of nitrogens with one attached hydrogen (secondary N) is 2. The van der Waals surface area contributed by atoms with Gasteiger partial charge in [0.25, 0.3) is 5.91 Å². The molecule has 0 aromatic heterocycles. The van der Waals surface area contributed by atoms with Crippen LogP contribution < -0.4 is 29.2 Å². The molecule has 0 bridgehead atoms. The topological polar surface area (TPSA) is 70.5 Å². The summed E-state index contributed by atoms with van der Waals surface area (Å²) in [5.41, 5.74) is 3.24. The molecule has 2 N–H and O–H groups in total. The lowest BCUT2D eigenvalue weighted by atomic mass is 9.99. The highest BCUT2D eigenvalue weighted by Crippen LogP contribution is 2.33. The summed E-state index contributed by atoms with van der Waals surface area (Å²) in [4.78, 5) is 13.9. The van der Waals surface area contributed by atoms with Crippen LogP contribution in [0.1, 0.15) is 31.4 Å². The van der Waals surface area contributed by atoms with Crippen LogP contribution in [0.25, 0.3) is 0 Å². The first-order chi connectivity index (χ1) is 15.2. The number of carbonyl (C=O) groups excluding carboxylic acids is 1. The minimum absolute atomic E-state index is 0.0144. The molecular weight excluding hydrogens is 396 g/mol. The van der Waals surface area contributed by atoms with Crippen LogP contribution in [-0.4, -0.2) is 45.4 Å². The zero-order valence-corrected chi connectivity index (χ0v) is 18.3. The zero-order chi connectivity index (χ0) is 21.6. The molecule has 2 aromatic carbocycles. The van der Waals surface area contributed by atoms with E-state index in [1.165, 1.54) is 16.0 Å².